The van der Waals surface area contributed by atoms with E-state index in [4.69, 9.17) is 5.11 Å². The molecule has 0 fully saturated rings. The maximum atomic E-state index is 12.5. The molecule has 0 atom stereocenters. The van der Waals surface area contributed by atoms with Crippen LogP contribution in [0.15, 0.2) is 53.9 Å². The fourth-order valence-corrected chi connectivity index (χ4v) is 3.81. The number of hydrogen-bond acceptors (Lipinski definition) is 4. The normalized spacial score (nSPS) is 10.5. The molecule has 0 aliphatic carbocycles. The molecule has 0 radical (unpaired) electrons. The zero-order valence-electron chi connectivity index (χ0n) is 10.8. The summed E-state index contributed by atoms with van der Waals surface area (Å²) in [6.45, 7) is 0. The molecule has 0 bridgehead atoms. The average Bonchev–Trinajstić information content (AvgIpc) is 3.17. The van der Waals surface area contributed by atoms with Crippen LogP contribution < -0.4 is 0 Å². The SMILES string of the molecule is O=C(O)c1ccccc1C(=O)c1ccc(-c2cccs2)s1. The fourth-order valence-electron chi connectivity index (χ4n) is 2.01. The molecule has 0 saturated carbocycles. The van der Waals surface area contributed by atoms with Gasteiger partial charge in [0.2, 0.25) is 5.78 Å². The van der Waals surface area contributed by atoms with Gasteiger partial charge in [0.1, 0.15) is 0 Å². The average molecular weight is 314 g/mol. The quantitative estimate of drug-likeness (QED) is 0.726. The summed E-state index contributed by atoms with van der Waals surface area (Å²) >= 11 is 2.99. The van der Waals surface area contributed by atoms with Crippen LogP contribution in [0.4, 0.5) is 0 Å². The first-order chi connectivity index (χ1) is 10.2. The van der Waals surface area contributed by atoms with Crippen LogP contribution in [0, 0.1) is 0 Å². The van der Waals surface area contributed by atoms with Crippen molar-refractivity contribution in [2.24, 2.45) is 0 Å². The van der Waals surface area contributed by atoms with Crippen molar-refractivity contribution in [1.82, 2.24) is 0 Å². The van der Waals surface area contributed by atoms with Crippen molar-refractivity contribution in [3.05, 3.63) is 69.9 Å². The summed E-state index contributed by atoms with van der Waals surface area (Å²) in [6.07, 6.45) is 0. The Labute approximate surface area is 129 Å². The number of aromatic carboxylic acids is 1. The first kappa shape index (κ1) is 13.7. The fraction of sp³-hybridized carbons (Fsp3) is 0. The van der Waals surface area contributed by atoms with Crippen molar-refractivity contribution in [3.8, 4) is 9.75 Å². The van der Waals surface area contributed by atoms with E-state index in [0.29, 0.717) is 4.88 Å². The van der Waals surface area contributed by atoms with Gasteiger partial charge in [0.05, 0.1) is 10.4 Å². The number of thiophene rings is 2. The highest BCUT2D eigenvalue weighted by molar-refractivity contribution is 7.22. The molecular weight excluding hydrogens is 304 g/mol. The predicted octanol–water partition coefficient (Wildman–Crippen LogP) is 4.41. The number of hydrogen-bond donors (Lipinski definition) is 1. The molecule has 5 heteroatoms. The van der Waals surface area contributed by atoms with E-state index in [1.807, 2.05) is 23.6 Å². The van der Waals surface area contributed by atoms with Crippen LogP contribution >= 0.6 is 22.7 Å². The van der Waals surface area contributed by atoms with Crippen LogP contribution in [0.3, 0.4) is 0 Å². The summed E-state index contributed by atoms with van der Waals surface area (Å²) in [5, 5.41) is 11.2. The molecule has 1 N–H and O–H groups in total. The minimum absolute atomic E-state index is 0.0357. The van der Waals surface area contributed by atoms with Crippen LogP contribution in [0.1, 0.15) is 25.6 Å². The Kier molecular flexibility index (Phi) is 3.68. The van der Waals surface area contributed by atoms with Crippen LogP contribution in [-0.4, -0.2) is 16.9 Å². The van der Waals surface area contributed by atoms with E-state index in [-0.39, 0.29) is 16.9 Å². The number of ketones is 1. The van der Waals surface area contributed by atoms with Gasteiger partial charge in [0.25, 0.3) is 0 Å². The number of rotatable bonds is 4. The third-order valence-electron chi connectivity index (χ3n) is 3.00. The summed E-state index contributed by atoms with van der Waals surface area (Å²) in [6, 6.07) is 13.9. The molecule has 0 unspecified atom stereocenters. The van der Waals surface area contributed by atoms with Gasteiger partial charge in [0.15, 0.2) is 0 Å². The second-order valence-electron chi connectivity index (χ2n) is 4.32. The molecule has 3 nitrogen and oxygen atoms in total. The van der Waals surface area contributed by atoms with E-state index >= 15 is 0 Å². The smallest absolute Gasteiger partial charge is 0.336 e. The lowest BCUT2D eigenvalue weighted by atomic mass is 10.0. The van der Waals surface area contributed by atoms with Gasteiger partial charge >= 0.3 is 5.97 Å². The molecule has 0 amide bonds. The second kappa shape index (κ2) is 5.63. The predicted molar refractivity (Wildman–Crippen MR) is 84.5 cm³/mol. The first-order valence-corrected chi connectivity index (χ1v) is 7.87. The van der Waals surface area contributed by atoms with E-state index in [1.165, 1.54) is 17.4 Å². The Balaban J connectivity index is 1.98. The number of carbonyl (C=O) groups excluding carboxylic acids is 1. The number of benzene rings is 1. The van der Waals surface area contributed by atoms with Gasteiger partial charge in [-0.15, -0.1) is 22.7 Å². The molecule has 21 heavy (non-hydrogen) atoms. The Morgan fingerprint density at radius 1 is 0.857 bits per heavy atom. The summed E-state index contributed by atoms with van der Waals surface area (Å²) in [5.41, 5.74) is 0.262. The van der Waals surface area contributed by atoms with E-state index in [0.717, 1.165) is 9.75 Å². The maximum absolute atomic E-state index is 12.5. The van der Waals surface area contributed by atoms with E-state index in [2.05, 4.69) is 0 Å². The molecule has 3 rings (SSSR count). The zero-order valence-corrected chi connectivity index (χ0v) is 12.4. The van der Waals surface area contributed by atoms with Gasteiger partial charge in [-0.25, -0.2) is 4.79 Å². The van der Waals surface area contributed by atoms with Crippen molar-refractivity contribution in [1.29, 1.82) is 0 Å². The lowest BCUT2D eigenvalue weighted by Gasteiger charge is -2.02. The van der Waals surface area contributed by atoms with Crippen molar-refractivity contribution in [2.75, 3.05) is 0 Å². The van der Waals surface area contributed by atoms with Crippen LogP contribution in [-0.2, 0) is 0 Å². The Bertz CT molecular complexity index is 801. The van der Waals surface area contributed by atoms with Gasteiger partial charge in [-0.3, -0.25) is 4.79 Å². The highest BCUT2D eigenvalue weighted by Crippen LogP contribution is 2.32. The highest BCUT2D eigenvalue weighted by atomic mass is 32.1. The van der Waals surface area contributed by atoms with E-state index < -0.39 is 5.97 Å². The monoisotopic (exact) mass is 314 g/mol. The molecule has 104 valence electrons. The van der Waals surface area contributed by atoms with Gasteiger partial charge in [0, 0.05) is 15.3 Å². The molecule has 0 saturated heterocycles. The van der Waals surface area contributed by atoms with Gasteiger partial charge in [-0.2, -0.15) is 0 Å². The topological polar surface area (TPSA) is 54.4 Å². The Morgan fingerprint density at radius 2 is 1.62 bits per heavy atom. The molecule has 2 heterocycles. The van der Waals surface area contributed by atoms with Gasteiger partial charge in [-0.05, 0) is 29.6 Å². The summed E-state index contributed by atoms with van der Waals surface area (Å²) in [7, 11) is 0. The van der Waals surface area contributed by atoms with Crippen LogP contribution in [0.2, 0.25) is 0 Å². The summed E-state index contributed by atoms with van der Waals surface area (Å²) in [4.78, 5) is 26.4. The molecular formula is C16H10O3S2. The van der Waals surface area contributed by atoms with Gasteiger partial charge < -0.3 is 5.11 Å². The molecule has 2 aromatic heterocycles. The number of carbonyl (C=O) groups is 2. The lowest BCUT2D eigenvalue weighted by Crippen LogP contribution is -2.08. The molecule has 0 aliphatic heterocycles. The van der Waals surface area contributed by atoms with Crippen molar-refractivity contribution >= 4 is 34.4 Å². The molecule has 0 aliphatic rings. The van der Waals surface area contributed by atoms with E-state index in [9.17, 15) is 9.59 Å². The largest absolute Gasteiger partial charge is 0.478 e. The highest BCUT2D eigenvalue weighted by Gasteiger charge is 2.19. The Morgan fingerprint density at radius 3 is 2.29 bits per heavy atom. The third kappa shape index (κ3) is 2.66. The number of carboxylic acids is 1. The first-order valence-electron chi connectivity index (χ1n) is 6.17. The Hall–Kier alpha value is -2.24. The zero-order chi connectivity index (χ0) is 14.8. The van der Waals surface area contributed by atoms with Gasteiger partial charge in [-0.1, -0.05) is 24.3 Å². The summed E-state index contributed by atoms with van der Waals surface area (Å²) in [5.74, 6) is -1.34. The summed E-state index contributed by atoms with van der Waals surface area (Å²) < 4.78 is 0. The lowest BCUT2D eigenvalue weighted by molar-refractivity contribution is 0.0693. The maximum Gasteiger partial charge on any atom is 0.336 e. The van der Waals surface area contributed by atoms with E-state index in [1.54, 1.807) is 35.6 Å². The van der Waals surface area contributed by atoms with Crippen LogP contribution in [0.25, 0.3) is 9.75 Å². The molecule has 0 spiro atoms. The van der Waals surface area contributed by atoms with Crippen molar-refractivity contribution in [3.63, 3.8) is 0 Å². The minimum Gasteiger partial charge on any atom is -0.478 e. The molecule has 3 aromatic rings. The number of carboxylic acid groups (broad SMARTS) is 1. The minimum atomic E-state index is -1.09. The van der Waals surface area contributed by atoms with Crippen LogP contribution in [0.5, 0.6) is 0 Å². The van der Waals surface area contributed by atoms with Crippen molar-refractivity contribution in [2.45, 2.75) is 0 Å². The third-order valence-corrected chi connectivity index (χ3v) is 5.15. The van der Waals surface area contributed by atoms with Crippen molar-refractivity contribution < 1.29 is 14.7 Å². The second-order valence-corrected chi connectivity index (χ2v) is 6.35. The standard InChI is InChI=1S/C16H10O3S2/c17-15(10-4-1-2-5-11(10)16(18)19)14-8-7-13(21-14)12-6-3-9-20-12/h1-9H,(H,18,19). The molecule has 1 aromatic carbocycles.